The van der Waals surface area contributed by atoms with Crippen molar-refractivity contribution < 1.29 is 19.4 Å². The van der Waals surface area contributed by atoms with Gasteiger partial charge < -0.3 is 14.6 Å². The van der Waals surface area contributed by atoms with E-state index in [0.29, 0.717) is 24.5 Å². The maximum atomic E-state index is 11.7. The SMILES string of the molecule is C=C(C)CN(CC)C[C@H](O)COc1cccc(C(=O)OCC)c1. The number of hydrogen-bond acceptors (Lipinski definition) is 5. The molecular weight excluding hydrogens is 294 g/mol. The zero-order valence-electron chi connectivity index (χ0n) is 14.2. The fourth-order valence-electron chi connectivity index (χ4n) is 2.16. The van der Waals surface area contributed by atoms with E-state index < -0.39 is 6.10 Å². The van der Waals surface area contributed by atoms with Gasteiger partial charge in [-0.05, 0) is 38.6 Å². The first-order chi connectivity index (χ1) is 11.0. The summed E-state index contributed by atoms with van der Waals surface area (Å²) in [4.78, 5) is 13.8. The molecule has 1 N–H and O–H groups in total. The van der Waals surface area contributed by atoms with Crippen molar-refractivity contribution in [2.24, 2.45) is 0 Å². The minimum absolute atomic E-state index is 0.166. The Morgan fingerprint density at radius 3 is 2.74 bits per heavy atom. The van der Waals surface area contributed by atoms with Gasteiger partial charge in [-0.1, -0.05) is 25.1 Å². The molecule has 1 atom stereocenters. The first-order valence-electron chi connectivity index (χ1n) is 7.91. The molecule has 0 saturated heterocycles. The average molecular weight is 321 g/mol. The quantitative estimate of drug-likeness (QED) is 0.530. The molecule has 1 aromatic carbocycles. The number of carbonyl (C=O) groups excluding carboxylic acids is 1. The van der Waals surface area contributed by atoms with Gasteiger partial charge in [0.1, 0.15) is 18.5 Å². The van der Waals surface area contributed by atoms with Gasteiger partial charge in [0.25, 0.3) is 0 Å². The van der Waals surface area contributed by atoms with Gasteiger partial charge in [-0.3, -0.25) is 4.90 Å². The van der Waals surface area contributed by atoms with Crippen LogP contribution in [0.4, 0.5) is 0 Å². The molecule has 0 fully saturated rings. The third-order valence-corrected chi connectivity index (χ3v) is 3.20. The second-order valence-corrected chi connectivity index (χ2v) is 5.50. The lowest BCUT2D eigenvalue weighted by Crippen LogP contribution is -2.36. The van der Waals surface area contributed by atoms with Crippen LogP contribution in [0, 0.1) is 0 Å². The van der Waals surface area contributed by atoms with Crippen LogP contribution in [0.25, 0.3) is 0 Å². The standard InChI is InChI=1S/C18H27NO4/c1-5-19(11-14(3)4)12-16(20)13-23-17-9-7-8-15(10-17)18(21)22-6-2/h7-10,16,20H,3,5-6,11-13H2,1-2,4H3/t16-/m0/s1. The van der Waals surface area contributed by atoms with Crippen LogP contribution in [0.1, 0.15) is 31.1 Å². The molecule has 1 aromatic rings. The summed E-state index contributed by atoms with van der Waals surface area (Å²) in [5.74, 6) is 0.162. The summed E-state index contributed by atoms with van der Waals surface area (Å²) in [5.41, 5.74) is 1.50. The van der Waals surface area contributed by atoms with Gasteiger partial charge in [0.05, 0.1) is 12.2 Å². The van der Waals surface area contributed by atoms with Gasteiger partial charge in [0.2, 0.25) is 0 Å². The van der Waals surface area contributed by atoms with E-state index in [1.54, 1.807) is 31.2 Å². The predicted molar refractivity (Wildman–Crippen MR) is 90.8 cm³/mol. The van der Waals surface area contributed by atoms with Crippen LogP contribution in [0.2, 0.25) is 0 Å². The molecule has 0 aromatic heterocycles. The molecular formula is C18H27NO4. The van der Waals surface area contributed by atoms with Crippen molar-refractivity contribution in [3.63, 3.8) is 0 Å². The number of aliphatic hydroxyl groups excluding tert-OH is 1. The average Bonchev–Trinajstić information content (AvgIpc) is 2.52. The zero-order valence-corrected chi connectivity index (χ0v) is 14.2. The summed E-state index contributed by atoms with van der Waals surface area (Å²) in [6.07, 6.45) is -0.611. The van der Waals surface area contributed by atoms with Crippen LogP contribution in [0.3, 0.4) is 0 Å². The van der Waals surface area contributed by atoms with Gasteiger partial charge in [0.15, 0.2) is 0 Å². The predicted octanol–water partition coefficient (Wildman–Crippen LogP) is 2.50. The fourth-order valence-corrected chi connectivity index (χ4v) is 2.16. The molecule has 0 amide bonds. The van der Waals surface area contributed by atoms with Crippen molar-refractivity contribution in [2.75, 3.05) is 32.8 Å². The highest BCUT2D eigenvalue weighted by Crippen LogP contribution is 2.14. The molecule has 0 unspecified atom stereocenters. The molecule has 5 heteroatoms. The summed E-state index contributed by atoms with van der Waals surface area (Å²) in [5, 5.41) is 10.1. The van der Waals surface area contributed by atoms with E-state index in [9.17, 15) is 9.90 Å². The molecule has 0 aliphatic carbocycles. The topological polar surface area (TPSA) is 59.0 Å². The molecule has 0 heterocycles. The van der Waals surface area contributed by atoms with E-state index >= 15 is 0 Å². The van der Waals surface area contributed by atoms with E-state index in [1.165, 1.54) is 0 Å². The van der Waals surface area contributed by atoms with E-state index in [4.69, 9.17) is 9.47 Å². The third-order valence-electron chi connectivity index (χ3n) is 3.20. The summed E-state index contributed by atoms with van der Waals surface area (Å²) >= 11 is 0. The lowest BCUT2D eigenvalue weighted by atomic mass is 10.2. The first kappa shape index (κ1) is 19.2. The number of carbonyl (C=O) groups is 1. The molecule has 0 aliphatic heterocycles. The first-order valence-corrected chi connectivity index (χ1v) is 7.91. The van der Waals surface area contributed by atoms with Crippen molar-refractivity contribution in [2.45, 2.75) is 26.9 Å². The molecule has 0 aliphatic rings. The Bertz CT molecular complexity index is 515. The zero-order chi connectivity index (χ0) is 17.2. The highest BCUT2D eigenvalue weighted by atomic mass is 16.5. The van der Waals surface area contributed by atoms with E-state index in [-0.39, 0.29) is 12.6 Å². The van der Waals surface area contributed by atoms with Gasteiger partial charge in [-0.2, -0.15) is 0 Å². The Hall–Kier alpha value is -1.85. The lowest BCUT2D eigenvalue weighted by Gasteiger charge is -2.23. The van der Waals surface area contributed by atoms with Crippen molar-refractivity contribution in [1.29, 1.82) is 0 Å². The molecule has 0 spiro atoms. The molecule has 0 saturated carbocycles. The van der Waals surface area contributed by atoms with Crippen molar-refractivity contribution in [1.82, 2.24) is 4.90 Å². The number of benzene rings is 1. The van der Waals surface area contributed by atoms with Crippen LogP contribution in [0.5, 0.6) is 5.75 Å². The van der Waals surface area contributed by atoms with Gasteiger partial charge in [0, 0.05) is 13.1 Å². The molecule has 0 bridgehead atoms. The highest BCUT2D eigenvalue weighted by molar-refractivity contribution is 5.89. The maximum absolute atomic E-state index is 11.7. The highest BCUT2D eigenvalue weighted by Gasteiger charge is 2.12. The van der Waals surface area contributed by atoms with Crippen LogP contribution >= 0.6 is 0 Å². The molecule has 1 rings (SSSR count). The van der Waals surface area contributed by atoms with E-state index in [2.05, 4.69) is 11.5 Å². The smallest absolute Gasteiger partial charge is 0.338 e. The summed E-state index contributed by atoms with van der Waals surface area (Å²) < 4.78 is 10.5. The van der Waals surface area contributed by atoms with Crippen molar-refractivity contribution in [3.05, 3.63) is 42.0 Å². The number of aliphatic hydroxyl groups is 1. The molecule has 23 heavy (non-hydrogen) atoms. The van der Waals surface area contributed by atoms with Crippen molar-refractivity contribution >= 4 is 5.97 Å². The van der Waals surface area contributed by atoms with Crippen LogP contribution in [-0.2, 0) is 4.74 Å². The van der Waals surface area contributed by atoms with Crippen LogP contribution < -0.4 is 4.74 Å². The Kier molecular flexibility index (Phi) is 8.37. The summed E-state index contributed by atoms with van der Waals surface area (Å²) in [7, 11) is 0. The summed E-state index contributed by atoms with van der Waals surface area (Å²) in [6, 6.07) is 6.78. The van der Waals surface area contributed by atoms with E-state index in [1.807, 2.05) is 13.8 Å². The minimum Gasteiger partial charge on any atom is -0.491 e. The largest absolute Gasteiger partial charge is 0.491 e. The third kappa shape index (κ3) is 7.30. The minimum atomic E-state index is -0.611. The fraction of sp³-hybridized carbons (Fsp3) is 0.500. The van der Waals surface area contributed by atoms with E-state index in [0.717, 1.165) is 18.7 Å². The number of nitrogens with zero attached hydrogens (tertiary/aromatic N) is 1. The molecule has 5 nitrogen and oxygen atoms in total. The Morgan fingerprint density at radius 1 is 1.39 bits per heavy atom. The number of ether oxygens (including phenoxy) is 2. The lowest BCUT2D eigenvalue weighted by molar-refractivity contribution is 0.0525. The van der Waals surface area contributed by atoms with Gasteiger partial charge in [-0.25, -0.2) is 4.79 Å². The van der Waals surface area contributed by atoms with Gasteiger partial charge in [-0.15, -0.1) is 0 Å². The Morgan fingerprint density at radius 2 is 2.13 bits per heavy atom. The van der Waals surface area contributed by atoms with Crippen molar-refractivity contribution in [3.8, 4) is 5.75 Å². The molecule has 128 valence electrons. The number of hydrogen-bond donors (Lipinski definition) is 1. The second-order valence-electron chi connectivity index (χ2n) is 5.50. The number of rotatable bonds is 10. The Balaban J connectivity index is 2.52. The van der Waals surface area contributed by atoms with Gasteiger partial charge >= 0.3 is 5.97 Å². The maximum Gasteiger partial charge on any atom is 0.338 e. The summed E-state index contributed by atoms with van der Waals surface area (Å²) in [6.45, 7) is 12.3. The number of likely N-dealkylation sites (N-methyl/N-ethyl adjacent to an activating group) is 1. The normalized spacial score (nSPS) is 12.0. The van der Waals surface area contributed by atoms with Crippen LogP contribution in [-0.4, -0.2) is 54.9 Å². The second kappa shape index (κ2) is 10.0. The number of esters is 1. The van der Waals surface area contributed by atoms with Crippen LogP contribution in [0.15, 0.2) is 36.4 Å². The Labute approximate surface area is 138 Å². The molecule has 0 radical (unpaired) electrons. The monoisotopic (exact) mass is 321 g/mol.